The third-order valence-electron chi connectivity index (χ3n) is 2.94. The van der Waals surface area contributed by atoms with Gasteiger partial charge in [0.15, 0.2) is 0 Å². The van der Waals surface area contributed by atoms with Gasteiger partial charge in [-0.2, -0.15) is 0 Å². The van der Waals surface area contributed by atoms with Gasteiger partial charge in [-0.3, -0.25) is 4.79 Å². The molecule has 2 aromatic rings. The molecule has 0 atom stereocenters. The van der Waals surface area contributed by atoms with Crippen LogP contribution in [0, 0.1) is 6.92 Å². The Bertz CT molecular complexity index is 605. The fourth-order valence-electron chi connectivity index (χ4n) is 2.05. The quantitative estimate of drug-likeness (QED) is 0.902. The van der Waals surface area contributed by atoms with Crippen molar-refractivity contribution in [1.29, 1.82) is 0 Å². The van der Waals surface area contributed by atoms with Crippen LogP contribution in [-0.2, 0) is 6.54 Å². The van der Waals surface area contributed by atoms with Crippen LogP contribution < -0.4 is 10.6 Å². The summed E-state index contributed by atoms with van der Waals surface area (Å²) in [5.74, 6) is -0.154. The summed E-state index contributed by atoms with van der Waals surface area (Å²) in [6.45, 7) is 2.61. The summed E-state index contributed by atoms with van der Waals surface area (Å²) in [4.78, 5) is 12.3. The van der Waals surface area contributed by atoms with Gasteiger partial charge < -0.3 is 10.6 Å². The first kappa shape index (κ1) is 14.6. The Hall–Kier alpha value is -1.84. The Balaban J connectivity index is 2.23. The molecule has 0 bridgehead atoms. The van der Waals surface area contributed by atoms with Crippen LogP contribution in [0.25, 0.3) is 0 Å². The van der Waals surface area contributed by atoms with E-state index >= 15 is 0 Å². The maximum absolute atomic E-state index is 12.3. The molecule has 1 amide bonds. The van der Waals surface area contributed by atoms with E-state index in [1.54, 1.807) is 6.07 Å². The van der Waals surface area contributed by atoms with Crippen LogP contribution in [0.4, 0.5) is 5.69 Å². The molecule has 0 aliphatic heterocycles. The van der Waals surface area contributed by atoms with Crippen LogP contribution >= 0.6 is 11.6 Å². The fourth-order valence-corrected chi connectivity index (χ4v) is 2.34. The van der Waals surface area contributed by atoms with Crippen LogP contribution in [0.5, 0.6) is 0 Å². The average Bonchev–Trinajstić information content (AvgIpc) is 2.40. The van der Waals surface area contributed by atoms with Crippen molar-refractivity contribution in [3.8, 4) is 0 Å². The number of carbonyl (C=O) groups is 1. The first-order chi connectivity index (χ1) is 9.60. The molecule has 0 spiro atoms. The molecular formula is C16H17ClN2O. The molecule has 0 aliphatic rings. The van der Waals surface area contributed by atoms with Gasteiger partial charge in [0.2, 0.25) is 0 Å². The number of aryl methyl sites for hydroxylation is 1. The van der Waals surface area contributed by atoms with Gasteiger partial charge in [-0.05, 0) is 49.4 Å². The topological polar surface area (TPSA) is 41.1 Å². The number of hydrogen-bond acceptors (Lipinski definition) is 2. The first-order valence-electron chi connectivity index (χ1n) is 6.41. The van der Waals surface area contributed by atoms with Crippen molar-refractivity contribution in [2.45, 2.75) is 13.5 Å². The van der Waals surface area contributed by atoms with Crippen molar-refractivity contribution in [1.82, 2.24) is 5.32 Å². The minimum atomic E-state index is -0.154. The second-order valence-corrected chi connectivity index (χ2v) is 5.10. The van der Waals surface area contributed by atoms with Crippen molar-refractivity contribution >= 4 is 23.2 Å². The van der Waals surface area contributed by atoms with Crippen LogP contribution in [-0.4, -0.2) is 13.0 Å². The number of carbonyl (C=O) groups excluding carboxylic acids is 1. The first-order valence-corrected chi connectivity index (χ1v) is 6.79. The van der Waals surface area contributed by atoms with Crippen molar-refractivity contribution < 1.29 is 4.79 Å². The van der Waals surface area contributed by atoms with Crippen LogP contribution in [0.1, 0.15) is 21.5 Å². The number of amides is 1. The third-order valence-corrected chi connectivity index (χ3v) is 3.16. The predicted molar refractivity (Wildman–Crippen MR) is 83.3 cm³/mol. The highest BCUT2D eigenvalue weighted by Gasteiger charge is 2.09. The van der Waals surface area contributed by atoms with Gasteiger partial charge in [-0.15, -0.1) is 0 Å². The molecule has 0 saturated heterocycles. The zero-order chi connectivity index (χ0) is 14.5. The third kappa shape index (κ3) is 3.59. The maximum Gasteiger partial charge on any atom is 0.255 e. The van der Waals surface area contributed by atoms with Gasteiger partial charge in [0, 0.05) is 22.8 Å². The lowest BCUT2D eigenvalue weighted by molar-refractivity contribution is 0.102. The van der Waals surface area contributed by atoms with E-state index < -0.39 is 0 Å². The normalized spacial score (nSPS) is 10.3. The number of para-hydroxylation sites is 1. The minimum absolute atomic E-state index is 0.154. The van der Waals surface area contributed by atoms with Gasteiger partial charge in [-0.25, -0.2) is 0 Å². The van der Waals surface area contributed by atoms with E-state index in [2.05, 4.69) is 10.6 Å². The molecule has 0 aromatic heterocycles. The number of nitrogens with one attached hydrogen (secondary N) is 2. The summed E-state index contributed by atoms with van der Waals surface area (Å²) in [5.41, 5.74) is 3.38. The van der Waals surface area contributed by atoms with E-state index in [0.717, 1.165) is 16.8 Å². The van der Waals surface area contributed by atoms with E-state index in [1.807, 2.05) is 50.4 Å². The summed E-state index contributed by atoms with van der Waals surface area (Å²) < 4.78 is 0. The van der Waals surface area contributed by atoms with Crippen molar-refractivity contribution in [3.05, 3.63) is 64.2 Å². The number of benzene rings is 2. The molecule has 0 fully saturated rings. The molecule has 3 nitrogen and oxygen atoms in total. The predicted octanol–water partition coefficient (Wildman–Crippen LogP) is 3.62. The molecular weight excluding hydrogens is 272 g/mol. The highest BCUT2D eigenvalue weighted by atomic mass is 35.5. The summed E-state index contributed by atoms with van der Waals surface area (Å²) in [7, 11) is 1.87. The highest BCUT2D eigenvalue weighted by Crippen LogP contribution is 2.18. The molecule has 0 aliphatic carbocycles. The smallest absolute Gasteiger partial charge is 0.255 e. The van der Waals surface area contributed by atoms with Crippen LogP contribution in [0.3, 0.4) is 0 Å². The standard InChI is InChI=1S/C16H17ClN2O/c1-11-7-13(9-14(17)8-11)16(20)19-15-6-4-3-5-12(15)10-18-2/h3-9,18H,10H2,1-2H3,(H,19,20). The Labute approximate surface area is 124 Å². The highest BCUT2D eigenvalue weighted by molar-refractivity contribution is 6.31. The number of anilines is 1. The summed E-state index contributed by atoms with van der Waals surface area (Å²) in [5, 5.41) is 6.58. The molecule has 4 heteroatoms. The molecule has 104 valence electrons. The van der Waals surface area contributed by atoms with Gasteiger partial charge in [0.1, 0.15) is 0 Å². The number of halogens is 1. The van der Waals surface area contributed by atoms with Crippen molar-refractivity contribution in [2.75, 3.05) is 12.4 Å². The largest absolute Gasteiger partial charge is 0.322 e. The van der Waals surface area contributed by atoms with Gasteiger partial charge in [0.05, 0.1) is 0 Å². The van der Waals surface area contributed by atoms with Crippen molar-refractivity contribution in [3.63, 3.8) is 0 Å². The Morgan fingerprint density at radius 2 is 1.95 bits per heavy atom. The van der Waals surface area contributed by atoms with Crippen molar-refractivity contribution in [2.24, 2.45) is 0 Å². The SMILES string of the molecule is CNCc1ccccc1NC(=O)c1cc(C)cc(Cl)c1. The maximum atomic E-state index is 12.3. The van der Waals surface area contributed by atoms with E-state index in [0.29, 0.717) is 17.1 Å². The summed E-state index contributed by atoms with van der Waals surface area (Å²) in [6.07, 6.45) is 0. The number of hydrogen-bond donors (Lipinski definition) is 2. The lowest BCUT2D eigenvalue weighted by Crippen LogP contribution is -2.15. The zero-order valence-electron chi connectivity index (χ0n) is 11.5. The minimum Gasteiger partial charge on any atom is -0.322 e. The van der Waals surface area contributed by atoms with E-state index in [-0.39, 0.29) is 5.91 Å². The fraction of sp³-hybridized carbons (Fsp3) is 0.188. The number of rotatable bonds is 4. The Morgan fingerprint density at radius 3 is 2.65 bits per heavy atom. The van der Waals surface area contributed by atoms with E-state index in [4.69, 9.17) is 11.6 Å². The summed E-state index contributed by atoms with van der Waals surface area (Å²) in [6, 6.07) is 13.0. The van der Waals surface area contributed by atoms with E-state index in [1.165, 1.54) is 0 Å². The monoisotopic (exact) mass is 288 g/mol. The van der Waals surface area contributed by atoms with Gasteiger partial charge >= 0.3 is 0 Å². The molecule has 0 unspecified atom stereocenters. The Morgan fingerprint density at radius 1 is 1.20 bits per heavy atom. The van der Waals surface area contributed by atoms with Crippen LogP contribution in [0.15, 0.2) is 42.5 Å². The lowest BCUT2D eigenvalue weighted by Gasteiger charge is -2.11. The van der Waals surface area contributed by atoms with E-state index in [9.17, 15) is 4.79 Å². The second-order valence-electron chi connectivity index (χ2n) is 4.66. The lowest BCUT2D eigenvalue weighted by atomic mass is 10.1. The molecule has 20 heavy (non-hydrogen) atoms. The molecule has 2 aromatic carbocycles. The Kier molecular flexibility index (Phi) is 4.77. The summed E-state index contributed by atoms with van der Waals surface area (Å²) >= 11 is 5.99. The van der Waals surface area contributed by atoms with Crippen LogP contribution in [0.2, 0.25) is 5.02 Å². The molecule has 0 heterocycles. The zero-order valence-corrected chi connectivity index (χ0v) is 12.3. The molecule has 0 radical (unpaired) electrons. The van der Waals surface area contributed by atoms with Gasteiger partial charge in [0.25, 0.3) is 5.91 Å². The molecule has 2 N–H and O–H groups in total. The molecule has 2 rings (SSSR count). The second kappa shape index (κ2) is 6.55. The molecule has 0 saturated carbocycles. The van der Waals surface area contributed by atoms with Gasteiger partial charge in [-0.1, -0.05) is 29.8 Å². The average molecular weight is 289 g/mol.